The average Bonchev–Trinajstić information content (AvgIpc) is 3.47. The van der Waals surface area contributed by atoms with E-state index in [0.29, 0.717) is 39.3 Å². The molecule has 0 saturated heterocycles. The summed E-state index contributed by atoms with van der Waals surface area (Å²) in [6.07, 6.45) is 0.666. The number of hydrogen-bond donors (Lipinski definition) is 1. The van der Waals surface area contributed by atoms with Crippen molar-refractivity contribution < 1.29 is 14.3 Å². The molecule has 0 spiro atoms. The van der Waals surface area contributed by atoms with E-state index in [2.05, 4.69) is 15.5 Å². The first-order chi connectivity index (χ1) is 17.0. The van der Waals surface area contributed by atoms with Gasteiger partial charge in [0.1, 0.15) is 16.4 Å². The number of ether oxygens (including phenoxy) is 1. The van der Waals surface area contributed by atoms with Gasteiger partial charge >= 0.3 is 5.97 Å². The summed E-state index contributed by atoms with van der Waals surface area (Å²) < 4.78 is 6.99. The van der Waals surface area contributed by atoms with Crippen molar-refractivity contribution in [3.8, 4) is 11.1 Å². The van der Waals surface area contributed by atoms with Gasteiger partial charge in [-0.3, -0.25) is 4.79 Å². The predicted molar refractivity (Wildman–Crippen MR) is 140 cm³/mol. The molecule has 7 nitrogen and oxygen atoms in total. The van der Waals surface area contributed by atoms with Crippen LogP contribution in [0.15, 0.2) is 65.1 Å². The van der Waals surface area contributed by atoms with Crippen molar-refractivity contribution >= 4 is 51.6 Å². The van der Waals surface area contributed by atoms with Gasteiger partial charge in [-0.25, -0.2) is 4.79 Å². The number of benzene rings is 2. The number of carbonyl (C=O) groups excluding carboxylic acids is 2. The van der Waals surface area contributed by atoms with Crippen LogP contribution in [0.4, 0.5) is 5.00 Å². The summed E-state index contributed by atoms with van der Waals surface area (Å²) in [5.74, 6) is 0.203. The molecule has 0 unspecified atom stereocenters. The Morgan fingerprint density at radius 1 is 1.11 bits per heavy atom. The highest BCUT2D eigenvalue weighted by molar-refractivity contribution is 7.99. The van der Waals surface area contributed by atoms with Crippen LogP contribution in [0.25, 0.3) is 11.1 Å². The fourth-order valence-corrected chi connectivity index (χ4v) is 5.46. The number of carbonyl (C=O) groups is 2. The lowest BCUT2D eigenvalue weighted by Gasteiger charge is -2.09. The summed E-state index contributed by atoms with van der Waals surface area (Å²) in [6.45, 7) is 2.72. The molecule has 0 bridgehead atoms. The zero-order valence-electron chi connectivity index (χ0n) is 19.2. The predicted octanol–water partition coefficient (Wildman–Crippen LogP) is 5.79. The van der Waals surface area contributed by atoms with Crippen molar-refractivity contribution in [1.29, 1.82) is 0 Å². The number of esters is 1. The number of halogens is 1. The van der Waals surface area contributed by atoms with Gasteiger partial charge in [-0.2, -0.15) is 0 Å². The second-order valence-corrected chi connectivity index (χ2v) is 9.75. The maximum Gasteiger partial charge on any atom is 0.341 e. The highest BCUT2D eigenvalue weighted by Crippen LogP contribution is 2.36. The topological polar surface area (TPSA) is 86.1 Å². The van der Waals surface area contributed by atoms with E-state index in [-0.39, 0.29) is 11.7 Å². The van der Waals surface area contributed by atoms with E-state index < -0.39 is 5.97 Å². The molecular formula is C25H23ClN4O3S2. The molecule has 0 atom stereocenters. The standard InChI is InChI=1S/C25H23ClN4O3S2/c1-3-30-20(13-16-7-5-4-6-8-16)28-29-25(30)35-15-21(31)27-23-22(24(32)33-2)19(14-34-23)17-9-11-18(26)12-10-17/h4-12,14H,3,13,15H2,1-2H3,(H,27,31). The first kappa shape index (κ1) is 25.0. The quantitative estimate of drug-likeness (QED) is 0.219. The second kappa shape index (κ2) is 11.5. The Balaban J connectivity index is 1.46. The molecule has 0 fully saturated rings. The molecule has 0 radical (unpaired) electrons. The van der Waals surface area contributed by atoms with Gasteiger partial charge in [-0.1, -0.05) is 65.8 Å². The lowest BCUT2D eigenvalue weighted by atomic mass is 10.0. The Kier molecular flexibility index (Phi) is 8.22. The molecule has 1 N–H and O–H groups in total. The van der Waals surface area contributed by atoms with E-state index in [1.165, 1.54) is 30.2 Å². The van der Waals surface area contributed by atoms with Gasteiger partial charge in [0.05, 0.1) is 12.9 Å². The maximum absolute atomic E-state index is 12.8. The van der Waals surface area contributed by atoms with Gasteiger partial charge < -0.3 is 14.6 Å². The third kappa shape index (κ3) is 5.93. The molecule has 10 heteroatoms. The zero-order valence-corrected chi connectivity index (χ0v) is 21.5. The summed E-state index contributed by atoms with van der Waals surface area (Å²) in [4.78, 5) is 25.3. The third-order valence-electron chi connectivity index (χ3n) is 5.24. The molecule has 0 aliphatic heterocycles. The van der Waals surface area contributed by atoms with E-state index >= 15 is 0 Å². The van der Waals surface area contributed by atoms with Crippen LogP contribution >= 0.6 is 34.7 Å². The number of aromatic nitrogens is 3. The fourth-order valence-electron chi connectivity index (χ4n) is 3.54. The molecule has 0 aliphatic rings. The Morgan fingerprint density at radius 2 is 1.86 bits per heavy atom. The first-order valence-electron chi connectivity index (χ1n) is 10.8. The molecule has 0 aliphatic carbocycles. The number of methoxy groups -OCH3 is 1. The van der Waals surface area contributed by atoms with E-state index in [1.807, 2.05) is 59.3 Å². The molecular weight excluding hydrogens is 504 g/mol. The largest absolute Gasteiger partial charge is 0.465 e. The van der Waals surface area contributed by atoms with Crippen LogP contribution in [0.3, 0.4) is 0 Å². The molecule has 2 aromatic carbocycles. The highest BCUT2D eigenvalue weighted by Gasteiger charge is 2.23. The SMILES string of the molecule is CCn1c(Cc2ccccc2)nnc1SCC(=O)Nc1scc(-c2ccc(Cl)cc2)c1C(=O)OC. The molecule has 4 rings (SSSR count). The summed E-state index contributed by atoms with van der Waals surface area (Å²) in [7, 11) is 1.32. The minimum atomic E-state index is -0.518. The minimum Gasteiger partial charge on any atom is -0.465 e. The third-order valence-corrected chi connectivity index (χ3v) is 7.35. The molecule has 1 amide bonds. The van der Waals surface area contributed by atoms with Gasteiger partial charge in [-0.15, -0.1) is 21.5 Å². The highest BCUT2D eigenvalue weighted by atomic mass is 35.5. The molecule has 180 valence electrons. The van der Waals surface area contributed by atoms with E-state index in [9.17, 15) is 9.59 Å². The van der Waals surface area contributed by atoms with Gasteiger partial charge in [0, 0.05) is 28.9 Å². The van der Waals surface area contributed by atoms with Crippen LogP contribution in [0.5, 0.6) is 0 Å². The number of thiophene rings is 1. The van der Waals surface area contributed by atoms with Crippen LogP contribution in [-0.2, 0) is 22.5 Å². The van der Waals surface area contributed by atoms with E-state index in [1.54, 1.807) is 12.1 Å². The number of thioether (sulfide) groups is 1. The monoisotopic (exact) mass is 526 g/mol. The van der Waals surface area contributed by atoms with Crippen LogP contribution in [0, 0.1) is 0 Å². The molecule has 4 aromatic rings. The van der Waals surface area contributed by atoms with Gasteiger partial charge in [0.25, 0.3) is 0 Å². The van der Waals surface area contributed by atoms with Crippen molar-refractivity contribution in [2.45, 2.75) is 25.0 Å². The molecule has 2 heterocycles. The fraction of sp³-hybridized carbons (Fsp3) is 0.200. The Labute approximate surface area is 216 Å². The Morgan fingerprint density at radius 3 is 2.54 bits per heavy atom. The first-order valence-corrected chi connectivity index (χ1v) is 13.1. The van der Waals surface area contributed by atoms with Crippen LogP contribution in [0.1, 0.15) is 28.7 Å². The van der Waals surface area contributed by atoms with Crippen LogP contribution in [0.2, 0.25) is 5.02 Å². The normalized spacial score (nSPS) is 10.8. The van der Waals surface area contributed by atoms with Crippen molar-refractivity contribution in [3.05, 3.63) is 82.0 Å². The van der Waals surface area contributed by atoms with Crippen molar-refractivity contribution in [1.82, 2.24) is 14.8 Å². The van der Waals surface area contributed by atoms with E-state index in [4.69, 9.17) is 16.3 Å². The smallest absolute Gasteiger partial charge is 0.341 e. The molecule has 2 aromatic heterocycles. The summed E-state index contributed by atoms with van der Waals surface area (Å²) in [6, 6.07) is 17.2. The number of nitrogens with one attached hydrogen (secondary N) is 1. The lowest BCUT2D eigenvalue weighted by Crippen LogP contribution is -2.16. The summed E-state index contributed by atoms with van der Waals surface area (Å²) in [5.41, 5.74) is 2.95. The van der Waals surface area contributed by atoms with Crippen LogP contribution < -0.4 is 5.32 Å². The maximum atomic E-state index is 12.8. The second-order valence-electron chi connectivity index (χ2n) is 7.49. The minimum absolute atomic E-state index is 0.123. The number of nitrogens with zero attached hydrogens (tertiary/aromatic N) is 3. The van der Waals surface area contributed by atoms with Gasteiger partial charge in [-0.05, 0) is 30.2 Å². The lowest BCUT2D eigenvalue weighted by molar-refractivity contribution is -0.113. The number of rotatable bonds is 9. The zero-order chi connectivity index (χ0) is 24.8. The Bertz CT molecular complexity index is 1320. The molecule has 0 saturated carbocycles. The van der Waals surface area contributed by atoms with Crippen LogP contribution in [-0.4, -0.2) is 39.5 Å². The number of anilines is 1. The van der Waals surface area contributed by atoms with Crippen molar-refractivity contribution in [2.24, 2.45) is 0 Å². The van der Waals surface area contributed by atoms with Gasteiger partial charge in [0.2, 0.25) is 5.91 Å². The number of amides is 1. The van der Waals surface area contributed by atoms with Crippen molar-refractivity contribution in [3.63, 3.8) is 0 Å². The Hall–Kier alpha value is -3.14. The summed E-state index contributed by atoms with van der Waals surface area (Å²) in [5, 5.41) is 15.0. The average molecular weight is 527 g/mol. The number of hydrogen-bond acceptors (Lipinski definition) is 7. The molecule has 35 heavy (non-hydrogen) atoms. The van der Waals surface area contributed by atoms with Crippen molar-refractivity contribution in [2.75, 3.05) is 18.2 Å². The summed E-state index contributed by atoms with van der Waals surface area (Å²) >= 11 is 8.57. The van der Waals surface area contributed by atoms with E-state index in [0.717, 1.165) is 17.0 Å². The van der Waals surface area contributed by atoms with Gasteiger partial charge in [0.15, 0.2) is 5.16 Å².